The van der Waals surface area contributed by atoms with Gasteiger partial charge >= 0.3 is 0 Å². The van der Waals surface area contributed by atoms with E-state index in [0.717, 1.165) is 10.1 Å². The van der Waals surface area contributed by atoms with Crippen LogP contribution in [-0.4, -0.2) is 31.4 Å². The summed E-state index contributed by atoms with van der Waals surface area (Å²) < 4.78 is 14.0. The monoisotopic (exact) mass is 348 g/mol. The molecule has 120 valence electrons. The van der Waals surface area contributed by atoms with Gasteiger partial charge in [-0.3, -0.25) is 4.79 Å². The smallest absolute Gasteiger partial charge is 0.261 e. The van der Waals surface area contributed by atoms with Crippen molar-refractivity contribution in [1.29, 1.82) is 0 Å². The van der Waals surface area contributed by atoms with E-state index in [1.807, 2.05) is 31.6 Å². The molecule has 2 aromatic heterocycles. The Balaban J connectivity index is 1.72. The topological polar surface area (TPSA) is 32.3 Å². The molecule has 0 fully saturated rings. The number of benzene rings is 1. The molecule has 1 aromatic carbocycles. The summed E-state index contributed by atoms with van der Waals surface area (Å²) in [6.07, 6.45) is 0. The molecule has 0 saturated carbocycles. The molecule has 2 heterocycles. The number of carbonyl (C=O) groups is 1. The van der Waals surface area contributed by atoms with E-state index < -0.39 is 0 Å². The quantitative estimate of drug-likeness (QED) is 0.752. The predicted octanol–water partition coefficient (Wildman–Crippen LogP) is 4.13. The summed E-state index contributed by atoms with van der Waals surface area (Å²) in [6, 6.07) is 10.6. The van der Waals surface area contributed by atoms with Gasteiger partial charge in [-0.2, -0.15) is 0 Å². The SMILES string of the molecule is CN(C)[C@H](CNC(=O)c1cc2ccc(F)cc2s1)c1cccs1. The van der Waals surface area contributed by atoms with E-state index in [0.29, 0.717) is 11.4 Å². The summed E-state index contributed by atoms with van der Waals surface area (Å²) >= 11 is 2.99. The van der Waals surface area contributed by atoms with Gasteiger partial charge in [0.05, 0.1) is 10.9 Å². The molecule has 3 nitrogen and oxygen atoms in total. The van der Waals surface area contributed by atoms with Crippen LogP contribution in [0.1, 0.15) is 20.6 Å². The lowest BCUT2D eigenvalue weighted by molar-refractivity contribution is 0.0946. The maximum Gasteiger partial charge on any atom is 0.261 e. The Morgan fingerprint density at radius 2 is 2.13 bits per heavy atom. The van der Waals surface area contributed by atoms with Crippen LogP contribution >= 0.6 is 22.7 Å². The third kappa shape index (κ3) is 3.60. The Hall–Kier alpha value is -1.76. The Kier molecular flexibility index (Phi) is 4.75. The highest BCUT2D eigenvalue weighted by atomic mass is 32.1. The van der Waals surface area contributed by atoms with E-state index in [1.165, 1.54) is 28.3 Å². The standard InChI is InChI=1S/C17H17FN2OS2/c1-20(2)13(14-4-3-7-22-14)10-19-17(21)16-8-11-5-6-12(18)9-15(11)23-16/h3-9,13H,10H2,1-2H3,(H,19,21)/t13-/m1/s1. The summed E-state index contributed by atoms with van der Waals surface area (Å²) in [5, 5.41) is 5.92. The van der Waals surface area contributed by atoms with E-state index >= 15 is 0 Å². The zero-order chi connectivity index (χ0) is 16.4. The molecule has 3 rings (SSSR count). The van der Waals surface area contributed by atoms with Crippen LogP contribution in [0.3, 0.4) is 0 Å². The van der Waals surface area contributed by atoms with Gasteiger partial charge in [-0.05, 0) is 49.1 Å². The molecule has 0 aliphatic rings. The molecular weight excluding hydrogens is 331 g/mol. The average Bonchev–Trinajstić information content (AvgIpc) is 3.15. The molecule has 0 aliphatic heterocycles. The lowest BCUT2D eigenvalue weighted by Gasteiger charge is -2.23. The number of nitrogens with zero attached hydrogens (tertiary/aromatic N) is 1. The van der Waals surface area contributed by atoms with Gasteiger partial charge in [-0.1, -0.05) is 12.1 Å². The van der Waals surface area contributed by atoms with Crippen molar-refractivity contribution in [2.24, 2.45) is 0 Å². The van der Waals surface area contributed by atoms with Gasteiger partial charge in [0.25, 0.3) is 5.91 Å². The number of hydrogen-bond donors (Lipinski definition) is 1. The van der Waals surface area contributed by atoms with E-state index in [-0.39, 0.29) is 17.8 Å². The Labute approximate surface area is 142 Å². The molecule has 0 spiro atoms. The maximum atomic E-state index is 13.2. The second-order valence-electron chi connectivity index (χ2n) is 5.50. The Morgan fingerprint density at radius 3 is 2.83 bits per heavy atom. The van der Waals surface area contributed by atoms with Gasteiger partial charge in [0, 0.05) is 16.1 Å². The molecule has 1 amide bonds. The number of amides is 1. The first-order chi connectivity index (χ1) is 11.0. The minimum absolute atomic E-state index is 0.116. The number of likely N-dealkylation sites (N-methyl/N-ethyl adjacent to an activating group) is 1. The van der Waals surface area contributed by atoms with Crippen molar-refractivity contribution in [2.45, 2.75) is 6.04 Å². The molecule has 1 N–H and O–H groups in total. The highest BCUT2D eigenvalue weighted by molar-refractivity contribution is 7.20. The third-order valence-electron chi connectivity index (χ3n) is 3.66. The third-order valence-corrected chi connectivity index (χ3v) is 5.73. The number of nitrogens with one attached hydrogen (secondary N) is 1. The first-order valence-electron chi connectivity index (χ1n) is 7.22. The molecule has 6 heteroatoms. The first kappa shape index (κ1) is 16.1. The highest BCUT2D eigenvalue weighted by Gasteiger charge is 2.17. The fourth-order valence-electron chi connectivity index (χ4n) is 2.41. The fourth-order valence-corrected chi connectivity index (χ4v) is 4.34. The van der Waals surface area contributed by atoms with Gasteiger partial charge in [0.1, 0.15) is 5.82 Å². The number of carbonyl (C=O) groups excluding carboxylic acids is 1. The fraction of sp³-hybridized carbons (Fsp3) is 0.235. The van der Waals surface area contributed by atoms with Crippen LogP contribution in [0.25, 0.3) is 10.1 Å². The van der Waals surface area contributed by atoms with Gasteiger partial charge in [0.15, 0.2) is 0 Å². The van der Waals surface area contributed by atoms with E-state index in [1.54, 1.807) is 17.4 Å². The number of rotatable bonds is 5. The van der Waals surface area contributed by atoms with Gasteiger partial charge < -0.3 is 10.2 Å². The summed E-state index contributed by atoms with van der Waals surface area (Å²) in [5.74, 6) is -0.397. The van der Waals surface area contributed by atoms with Crippen molar-refractivity contribution in [3.05, 3.63) is 57.3 Å². The van der Waals surface area contributed by atoms with E-state index in [9.17, 15) is 9.18 Å². The lowest BCUT2D eigenvalue weighted by atomic mass is 10.2. The van der Waals surface area contributed by atoms with E-state index in [2.05, 4.69) is 16.3 Å². The molecule has 0 bridgehead atoms. The number of halogens is 1. The molecule has 1 atom stereocenters. The number of fused-ring (bicyclic) bond motifs is 1. The zero-order valence-electron chi connectivity index (χ0n) is 12.9. The molecule has 23 heavy (non-hydrogen) atoms. The van der Waals surface area contributed by atoms with Crippen molar-refractivity contribution >= 4 is 38.7 Å². The number of hydrogen-bond acceptors (Lipinski definition) is 4. The van der Waals surface area contributed by atoms with Crippen molar-refractivity contribution in [3.8, 4) is 0 Å². The maximum absolute atomic E-state index is 13.2. The van der Waals surface area contributed by atoms with Crippen LogP contribution < -0.4 is 5.32 Å². The molecule has 0 radical (unpaired) electrons. The van der Waals surface area contributed by atoms with E-state index in [4.69, 9.17) is 0 Å². The first-order valence-corrected chi connectivity index (χ1v) is 8.91. The average molecular weight is 348 g/mol. The summed E-state index contributed by atoms with van der Waals surface area (Å²) in [6.45, 7) is 0.537. The second-order valence-corrected chi connectivity index (χ2v) is 7.56. The predicted molar refractivity (Wildman–Crippen MR) is 94.9 cm³/mol. The molecule has 0 aliphatic carbocycles. The van der Waals surface area contributed by atoms with Crippen molar-refractivity contribution in [2.75, 3.05) is 20.6 Å². The minimum Gasteiger partial charge on any atom is -0.349 e. The van der Waals surface area contributed by atoms with Crippen molar-refractivity contribution < 1.29 is 9.18 Å². The Morgan fingerprint density at radius 1 is 1.30 bits per heavy atom. The van der Waals surface area contributed by atoms with Gasteiger partial charge in [0.2, 0.25) is 0 Å². The van der Waals surface area contributed by atoms with Crippen LogP contribution in [0.4, 0.5) is 4.39 Å². The van der Waals surface area contributed by atoms with Gasteiger partial charge in [-0.15, -0.1) is 22.7 Å². The van der Waals surface area contributed by atoms with Crippen LogP contribution in [0.5, 0.6) is 0 Å². The highest BCUT2D eigenvalue weighted by Crippen LogP contribution is 2.27. The summed E-state index contributed by atoms with van der Waals surface area (Å²) in [4.78, 5) is 16.3. The molecule has 0 saturated heterocycles. The lowest BCUT2D eigenvalue weighted by Crippen LogP contribution is -2.33. The second kappa shape index (κ2) is 6.78. The minimum atomic E-state index is -0.281. The van der Waals surface area contributed by atoms with Crippen LogP contribution in [-0.2, 0) is 0 Å². The van der Waals surface area contributed by atoms with Crippen molar-refractivity contribution in [3.63, 3.8) is 0 Å². The van der Waals surface area contributed by atoms with Gasteiger partial charge in [-0.25, -0.2) is 4.39 Å². The summed E-state index contributed by atoms with van der Waals surface area (Å²) in [7, 11) is 4.00. The van der Waals surface area contributed by atoms with Crippen LogP contribution in [0, 0.1) is 5.82 Å². The Bertz CT molecular complexity index is 811. The number of thiophene rings is 2. The van der Waals surface area contributed by atoms with Crippen LogP contribution in [0.15, 0.2) is 41.8 Å². The largest absolute Gasteiger partial charge is 0.349 e. The molecular formula is C17H17FN2OS2. The normalized spacial score (nSPS) is 12.7. The summed E-state index contributed by atoms with van der Waals surface area (Å²) in [5.41, 5.74) is 0. The molecule has 0 unspecified atom stereocenters. The molecule has 3 aromatic rings. The zero-order valence-corrected chi connectivity index (χ0v) is 14.5. The van der Waals surface area contributed by atoms with Crippen molar-refractivity contribution in [1.82, 2.24) is 10.2 Å². The van der Waals surface area contributed by atoms with Crippen LogP contribution in [0.2, 0.25) is 0 Å².